The number of para-hydroxylation sites is 2. The van der Waals surface area contributed by atoms with E-state index in [2.05, 4.69) is 187 Å². The van der Waals surface area contributed by atoms with Crippen molar-refractivity contribution in [3.63, 3.8) is 0 Å². The topological polar surface area (TPSA) is 12.5 Å². The van der Waals surface area contributed by atoms with Crippen LogP contribution in [0.2, 0.25) is 0 Å². The molecular formula is C62H42BNOS. The summed E-state index contributed by atoms with van der Waals surface area (Å²) in [5, 5.41) is 1.46. The van der Waals surface area contributed by atoms with Crippen LogP contribution in [0, 0.1) is 0 Å². The Morgan fingerprint density at radius 2 is 1.38 bits per heavy atom. The number of aryl methyl sites for hydroxylation is 1. The number of ether oxygens (including phenoxy) is 1. The largest absolute Gasteiger partial charge is 0.460 e. The Morgan fingerprint density at radius 1 is 0.606 bits per heavy atom. The maximum absolute atomic E-state index is 7.13. The van der Waals surface area contributed by atoms with Gasteiger partial charge in [0.25, 0.3) is 0 Å². The smallest absolute Gasteiger partial charge is 0.227 e. The average molecular weight is 860 g/mol. The Labute approximate surface area is 389 Å². The Kier molecular flexibility index (Phi) is 7.13. The van der Waals surface area contributed by atoms with Crippen LogP contribution in [0.25, 0.3) is 49.5 Å². The highest BCUT2D eigenvalue weighted by Crippen LogP contribution is 2.65. The first-order chi connectivity index (χ1) is 32.8. The van der Waals surface area contributed by atoms with Gasteiger partial charge in [-0.2, -0.15) is 0 Å². The second kappa shape index (κ2) is 13.0. The molecule has 5 heterocycles. The van der Waals surface area contributed by atoms with Gasteiger partial charge in [0, 0.05) is 43.6 Å². The van der Waals surface area contributed by atoms with Crippen molar-refractivity contribution in [2.75, 3.05) is 4.90 Å². The molecule has 8 aliphatic rings. The molecule has 0 fully saturated rings. The summed E-state index contributed by atoms with van der Waals surface area (Å²) in [4.78, 5) is 4.23. The van der Waals surface area contributed by atoms with Crippen LogP contribution in [0.4, 0.5) is 11.4 Å². The van der Waals surface area contributed by atoms with Crippen LogP contribution < -0.4 is 20.6 Å². The van der Waals surface area contributed by atoms with Gasteiger partial charge < -0.3 is 9.64 Å². The van der Waals surface area contributed by atoms with Crippen LogP contribution in [0.1, 0.15) is 75.7 Å². The first-order valence-corrected chi connectivity index (χ1v) is 24.8. The van der Waals surface area contributed by atoms with Crippen molar-refractivity contribution >= 4 is 56.5 Å². The van der Waals surface area contributed by atoms with E-state index in [9.17, 15) is 0 Å². The number of thiophene rings is 1. The van der Waals surface area contributed by atoms with Crippen molar-refractivity contribution in [1.29, 1.82) is 0 Å². The van der Waals surface area contributed by atoms with Gasteiger partial charge in [-0.25, -0.2) is 0 Å². The van der Waals surface area contributed by atoms with Crippen molar-refractivity contribution in [3.05, 3.63) is 237 Å². The van der Waals surface area contributed by atoms with Gasteiger partial charge in [0.15, 0.2) is 0 Å². The summed E-state index contributed by atoms with van der Waals surface area (Å²) in [6.45, 7) is 0.0345. The summed E-state index contributed by atoms with van der Waals surface area (Å²) < 4.78 is 8.52. The summed E-state index contributed by atoms with van der Waals surface area (Å²) >= 11 is 1.99. The van der Waals surface area contributed by atoms with Crippen LogP contribution >= 0.6 is 11.3 Å². The van der Waals surface area contributed by atoms with E-state index >= 15 is 0 Å². The predicted molar refractivity (Wildman–Crippen MR) is 274 cm³/mol. The number of anilines is 2. The molecule has 4 heteroatoms. The van der Waals surface area contributed by atoms with Crippen LogP contribution in [0.5, 0.6) is 5.75 Å². The van der Waals surface area contributed by atoms with Gasteiger partial charge in [0.1, 0.15) is 11.5 Å². The lowest BCUT2D eigenvalue weighted by molar-refractivity contribution is 0.417. The molecule has 4 aliphatic heterocycles. The molecule has 0 bridgehead atoms. The lowest BCUT2D eigenvalue weighted by Gasteiger charge is -2.52. The fourth-order valence-electron chi connectivity index (χ4n) is 14.1. The highest BCUT2D eigenvalue weighted by Gasteiger charge is 2.57. The van der Waals surface area contributed by atoms with Crippen LogP contribution in [-0.4, -0.2) is 6.71 Å². The number of allylic oxidation sites excluding steroid dienone is 8. The fourth-order valence-corrected chi connectivity index (χ4v) is 15.4. The van der Waals surface area contributed by atoms with Crippen LogP contribution in [0.3, 0.4) is 0 Å². The lowest BCUT2D eigenvalue weighted by atomic mass is 9.27. The van der Waals surface area contributed by atoms with E-state index in [4.69, 9.17) is 4.74 Å². The normalized spacial score (nSPS) is 20.0. The molecule has 0 saturated carbocycles. The molecule has 66 heavy (non-hydrogen) atoms. The average Bonchev–Trinajstić information content (AvgIpc) is 4.05. The van der Waals surface area contributed by atoms with Gasteiger partial charge in [-0.3, -0.25) is 0 Å². The molecule has 2 unspecified atom stereocenters. The third-order valence-electron chi connectivity index (χ3n) is 16.5. The number of benzene rings is 7. The lowest BCUT2D eigenvalue weighted by Crippen LogP contribution is -2.59. The molecule has 7 aromatic carbocycles. The minimum Gasteiger partial charge on any atom is -0.460 e. The van der Waals surface area contributed by atoms with E-state index in [0.29, 0.717) is 0 Å². The van der Waals surface area contributed by atoms with Crippen molar-refractivity contribution < 1.29 is 4.74 Å². The van der Waals surface area contributed by atoms with Gasteiger partial charge in [-0.15, -0.1) is 11.3 Å². The number of hydrogen-bond donors (Lipinski definition) is 0. The molecule has 0 amide bonds. The summed E-state index contributed by atoms with van der Waals surface area (Å²) in [7, 11) is 0. The summed E-state index contributed by atoms with van der Waals surface area (Å²) in [6.07, 6.45) is 19.8. The number of nitrogens with zero attached hydrogens (tertiary/aromatic N) is 1. The van der Waals surface area contributed by atoms with E-state index in [1.165, 1.54) is 121 Å². The molecule has 0 saturated heterocycles. The Hall–Kier alpha value is -7.14. The zero-order valence-electron chi connectivity index (χ0n) is 36.4. The van der Waals surface area contributed by atoms with E-state index in [1.807, 2.05) is 11.3 Å². The van der Waals surface area contributed by atoms with Crippen molar-refractivity contribution in [1.82, 2.24) is 0 Å². The maximum atomic E-state index is 7.13. The Morgan fingerprint density at radius 3 is 2.26 bits per heavy atom. The molecule has 16 rings (SSSR count). The van der Waals surface area contributed by atoms with Gasteiger partial charge in [0.05, 0.1) is 11.1 Å². The van der Waals surface area contributed by atoms with E-state index in [-0.39, 0.29) is 18.4 Å². The molecule has 1 aromatic heterocycles. The molecule has 4 aliphatic carbocycles. The zero-order chi connectivity index (χ0) is 42.8. The minimum atomic E-state index is -0.416. The molecule has 8 aromatic rings. The van der Waals surface area contributed by atoms with Gasteiger partial charge in [-0.1, -0.05) is 152 Å². The molecular weight excluding hydrogens is 818 g/mol. The van der Waals surface area contributed by atoms with Crippen molar-refractivity contribution in [3.8, 4) is 39.1 Å². The van der Waals surface area contributed by atoms with Gasteiger partial charge >= 0.3 is 0 Å². The van der Waals surface area contributed by atoms with E-state index < -0.39 is 5.41 Å². The Bertz CT molecular complexity index is 3650. The predicted octanol–water partition coefficient (Wildman–Crippen LogP) is 14.2. The monoisotopic (exact) mass is 859 g/mol. The molecule has 0 radical (unpaired) electrons. The van der Waals surface area contributed by atoms with Gasteiger partial charge in [-0.05, 0) is 146 Å². The quantitative estimate of drug-likeness (QED) is 0.161. The molecule has 2 nitrogen and oxygen atoms in total. The number of fused-ring (bicyclic) bond motifs is 19. The van der Waals surface area contributed by atoms with Crippen molar-refractivity contribution in [2.24, 2.45) is 0 Å². The molecule has 1 spiro atoms. The summed E-state index contributed by atoms with van der Waals surface area (Å²) in [5.74, 6) is 2.35. The highest BCUT2D eigenvalue weighted by atomic mass is 32.1. The SMILES string of the molecule is C1=CC2=C(CC1)C1(c3ccccc3-c3ccccc31)c1cccc3c1N2c1c2c(cc4sc5c(c14)CCC=C5)-c1cc(-c4ccccc4)ccc1C(C1=C4Oc5ccccc5C4CC=C1)B32. The molecule has 310 valence electrons. The van der Waals surface area contributed by atoms with E-state index in [1.54, 1.807) is 0 Å². The first-order valence-electron chi connectivity index (χ1n) is 24.0. The molecule has 2 atom stereocenters. The van der Waals surface area contributed by atoms with Crippen LogP contribution in [0.15, 0.2) is 199 Å². The summed E-state index contributed by atoms with van der Waals surface area (Å²) in [5.41, 5.74) is 25.9. The first kappa shape index (κ1) is 36.1. The third-order valence-corrected chi connectivity index (χ3v) is 17.7. The fraction of sp³-hybridized carbons (Fsp3) is 0.129. The molecule has 0 N–H and O–H groups in total. The second-order valence-corrected chi connectivity index (χ2v) is 20.5. The van der Waals surface area contributed by atoms with E-state index in [0.717, 1.165) is 43.6 Å². The standard InChI is InChI=1S/C62H42BNOS/c1-2-16-36(17-3-1)37-32-33-41-45(34-37)46-35-55-56(43-21-7-13-31-54(43)66-55)60-58(46)63(57(41)44-23-14-22-42-40-20-6-12-30-53(40)65-61(42)44)51-28-15-27-50-59(51)64(60)52-29-11-10-26-49(52)62(50)47-24-8-4-18-38(47)39-19-5-9-25-48(39)62/h1-6,8-9,11-20,23-25,27-35,42,57H,7,10,21-22,26H2. The minimum absolute atomic E-state index is 0.0104. The highest BCUT2D eigenvalue weighted by molar-refractivity contribution is 7.20. The van der Waals surface area contributed by atoms with Gasteiger partial charge in [0.2, 0.25) is 6.71 Å². The maximum Gasteiger partial charge on any atom is 0.227 e. The van der Waals surface area contributed by atoms with Crippen LogP contribution in [-0.2, 0) is 11.8 Å². The van der Waals surface area contributed by atoms with Crippen molar-refractivity contribution in [2.45, 2.75) is 49.3 Å². The Balaban J connectivity index is 1.08. The zero-order valence-corrected chi connectivity index (χ0v) is 37.2. The number of hydrogen-bond acceptors (Lipinski definition) is 3. The second-order valence-electron chi connectivity index (χ2n) is 19.4. The third kappa shape index (κ3) is 4.40. The summed E-state index contributed by atoms with van der Waals surface area (Å²) in [6, 6.07) is 55.8. The number of rotatable bonds is 2.